The monoisotopic (exact) mass is 459 g/mol. The van der Waals surface area contributed by atoms with Gasteiger partial charge in [0.05, 0.1) is 11.0 Å². The zero-order valence-electron chi connectivity index (χ0n) is 17.3. The van der Waals surface area contributed by atoms with Gasteiger partial charge in [-0.2, -0.15) is 5.26 Å². The number of nitrogens with zero attached hydrogens (tertiary/aromatic N) is 2. The number of aliphatic hydroxyl groups excluding tert-OH is 1. The number of H-pyrrole nitrogens is 1. The maximum atomic E-state index is 12.7. The molecule has 3 aromatic carbocycles. The van der Waals surface area contributed by atoms with Crippen LogP contribution in [-0.2, 0) is 11.3 Å². The number of carbonyl (C=O) groups is 1. The van der Waals surface area contributed by atoms with Crippen molar-refractivity contribution < 1.29 is 19.4 Å². The molecule has 0 fully saturated rings. The van der Waals surface area contributed by atoms with Crippen LogP contribution in [0.1, 0.15) is 21.7 Å². The summed E-state index contributed by atoms with van der Waals surface area (Å²) in [5, 5.41) is 20.5. The van der Waals surface area contributed by atoms with Crippen LogP contribution in [0.2, 0.25) is 5.02 Å². The zero-order valence-corrected chi connectivity index (χ0v) is 18.0. The number of imidazole rings is 1. The molecule has 0 atom stereocenters. The van der Waals surface area contributed by atoms with Gasteiger partial charge < -0.3 is 19.6 Å². The van der Waals surface area contributed by atoms with E-state index in [1.165, 1.54) is 0 Å². The van der Waals surface area contributed by atoms with Crippen LogP contribution in [0.5, 0.6) is 5.75 Å². The van der Waals surface area contributed by atoms with Crippen molar-refractivity contribution in [3.63, 3.8) is 0 Å². The third-order valence-electron chi connectivity index (χ3n) is 4.81. The van der Waals surface area contributed by atoms with E-state index in [1.54, 1.807) is 42.5 Å². The van der Waals surface area contributed by atoms with Crippen molar-refractivity contribution in [1.29, 1.82) is 5.26 Å². The van der Waals surface area contributed by atoms with Gasteiger partial charge in [0.1, 0.15) is 36.2 Å². The Bertz CT molecular complexity index is 1350. The van der Waals surface area contributed by atoms with Crippen LogP contribution < -0.4 is 4.74 Å². The summed E-state index contributed by atoms with van der Waals surface area (Å²) in [5.74, 6) is -0.628. The molecule has 4 aromatic rings. The molecule has 33 heavy (non-hydrogen) atoms. The summed E-state index contributed by atoms with van der Waals surface area (Å²) >= 11 is 6.16. The molecular weight excluding hydrogens is 442 g/mol. The van der Waals surface area contributed by atoms with Crippen LogP contribution in [0.25, 0.3) is 16.6 Å². The second-order valence-corrected chi connectivity index (χ2v) is 7.40. The number of rotatable bonds is 7. The maximum absolute atomic E-state index is 12.7. The van der Waals surface area contributed by atoms with Crippen LogP contribution in [0.15, 0.2) is 78.6 Å². The highest BCUT2D eigenvalue weighted by atomic mass is 35.5. The minimum absolute atomic E-state index is 0.109. The molecular formula is C25H18ClN3O4. The lowest BCUT2D eigenvalue weighted by Gasteiger charge is -2.12. The number of allylic oxidation sites excluding steroid dienone is 1. The van der Waals surface area contributed by atoms with Gasteiger partial charge in [0.25, 0.3) is 0 Å². The first kappa shape index (κ1) is 21.9. The second-order valence-electron chi connectivity index (χ2n) is 6.99. The topological polar surface area (TPSA) is 108 Å². The van der Waals surface area contributed by atoms with E-state index < -0.39 is 18.3 Å². The van der Waals surface area contributed by atoms with E-state index in [2.05, 4.69) is 9.97 Å². The first-order chi connectivity index (χ1) is 16.1. The van der Waals surface area contributed by atoms with Crippen LogP contribution in [0, 0.1) is 11.3 Å². The van der Waals surface area contributed by atoms with Gasteiger partial charge in [-0.15, -0.1) is 0 Å². The van der Waals surface area contributed by atoms with E-state index in [1.807, 2.05) is 36.4 Å². The van der Waals surface area contributed by atoms with Gasteiger partial charge in [-0.1, -0.05) is 54.1 Å². The normalized spacial score (nSPS) is 11.5. The van der Waals surface area contributed by atoms with E-state index in [0.29, 0.717) is 16.3 Å². The number of esters is 1. The molecule has 7 nitrogen and oxygen atoms in total. The number of aromatic amines is 1. The van der Waals surface area contributed by atoms with Gasteiger partial charge in [0.2, 0.25) is 0 Å². The van der Waals surface area contributed by atoms with Crippen molar-refractivity contribution in [2.45, 2.75) is 6.61 Å². The van der Waals surface area contributed by atoms with Crippen molar-refractivity contribution in [3.8, 4) is 11.8 Å². The lowest BCUT2D eigenvalue weighted by atomic mass is 10.2. The molecule has 1 aromatic heterocycles. The molecule has 0 saturated heterocycles. The minimum Gasteiger partial charge on any atom is -0.507 e. The van der Waals surface area contributed by atoms with Crippen molar-refractivity contribution >= 4 is 34.2 Å². The number of halogens is 1. The first-order valence-electron chi connectivity index (χ1n) is 9.96. The number of carbonyl (C=O) groups excluding carboxylic acids is 1. The summed E-state index contributed by atoms with van der Waals surface area (Å²) in [4.78, 5) is 19.9. The Kier molecular flexibility index (Phi) is 6.58. The van der Waals surface area contributed by atoms with Gasteiger partial charge >= 0.3 is 5.97 Å². The number of fused-ring (bicyclic) bond motifs is 1. The lowest BCUT2D eigenvalue weighted by Crippen LogP contribution is -2.11. The van der Waals surface area contributed by atoms with E-state index in [-0.39, 0.29) is 23.6 Å². The molecule has 0 aliphatic rings. The third kappa shape index (κ3) is 4.97. The Morgan fingerprint density at radius 1 is 1.06 bits per heavy atom. The Hall–Kier alpha value is -4.28. The SMILES string of the molecule is N#C/C(=C(/O)COC(=O)c1ccccc1OCc1ccccc1Cl)c1nc2ccccc2[nH]1. The fraction of sp³-hybridized carbons (Fsp3) is 0.0800. The van der Waals surface area contributed by atoms with Crippen LogP contribution in [0.3, 0.4) is 0 Å². The van der Waals surface area contributed by atoms with Crippen LogP contribution in [-0.4, -0.2) is 27.7 Å². The van der Waals surface area contributed by atoms with E-state index >= 15 is 0 Å². The number of para-hydroxylation sites is 3. The Labute approximate surface area is 194 Å². The third-order valence-corrected chi connectivity index (χ3v) is 5.18. The van der Waals surface area contributed by atoms with Crippen molar-refractivity contribution in [2.75, 3.05) is 6.61 Å². The summed E-state index contributed by atoms with van der Waals surface area (Å²) in [6.07, 6.45) is 0. The number of ether oxygens (including phenoxy) is 2. The summed E-state index contributed by atoms with van der Waals surface area (Å²) in [5.41, 5.74) is 2.21. The number of hydrogen-bond acceptors (Lipinski definition) is 6. The molecule has 4 rings (SSSR count). The van der Waals surface area contributed by atoms with Crippen molar-refractivity contribution in [1.82, 2.24) is 9.97 Å². The molecule has 164 valence electrons. The Morgan fingerprint density at radius 3 is 2.58 bits per heavy atom. The fourth-order valence-corrected chi connectivity index (χ4v) is 3.33. The number of hydrogen-bond donors (Lipinski definition) is 2. The maximum Gasteiger partial charge on any atom is 0.342 e. The molecule has 0 radical (unpaired) electrons. The highest BCUT2D eigenvalue weighted by molar-refractivity contribution is 6.31. The van der Waals surface area contributed by atoms with Crippen molar-refractivity contribution in [3.05, 3.63) is 101 Å². The predicted molar refractivity (Wildman–Crippen MR) is 124 cm³/mol. The highest BCUT2D eigenvalue weighted by Gasteiger charge is 2.18. The summed E-state index contributed by atoms with van der Waals surface area (Å²) in [7, 11) is 0. The standard InChI is InChI=1S/C25H18ClN3O4/c26-19-9-3-1-7-16(19)14-32-23-12-6-2-8-17(23)25(31)33-15-22(30)18(13-27)24-28-20-10-4-5-11-21(20)29-24/h1-12,30H,14-15H2,(H,28,29)/b22-18-. The van der Waals surface area contributed by atoms with Gasteiger partial charge in [-0.05, 0) is 30.3 Å². The molecule has 1 heterocycles. The van der Waals surface area contributed by atoms with E-state index in [9.17, 15) is 15.2 Å². The first-order valence-corrected chi connectivity index (χ1v) is 10.3. The molecule has 2 N–H and O–H groups in total. The van der Waals surface area contributed by atoms with Gasteiger partial charge in [0.15, 0.2) is 11.6 Å². The molecule has 0 bridgehead atoms. The predicted octanol–water partition coefficient (Wildman–Crippen LogP) is 5.44. The largest absolute Gasteiger partial charge is 0.507 e. The molecule has 0 aliphatic heterocycles. The average Bonchev–Trinajstić information content (AvgIpc) is 3.26. The molecule has 0 saturated carbocycles. The van der Waals surface area contributed by atoms with Crippen LogP contribution in [0.4, 0.5) is 0 Å². The summed E-state index contributed by atoms with van der Waals surface area (Å²) in [6, 6.07) is 23.0. The molecule has 8 heteroatoms. The highest BCUT2D eigenvalue weighted by Crippen LogP contribution is 2.24. The minimum atomic E-state index is -0.710. The molecule has 0 spiro atoms. The second kappa shape index (κ2) is 9.90. The number of aromatic nitrogens is 2. The van der Waals surface area contributed by atoms with Gasteiger partial charge in [0, 0.05) is 10.6 Å². The Balaban J connectivity index is 1.48. The smallest absolute Gasteiger partial charge is 0.342 e. The molecule has 0 amide bonds. The van der Waals surface area contributed by atoms with Crippen molar-refractivity contribution in [2.24, 2.45) is 0 Å². The number of nitrogens with one attached hydrogen (secondary N) is 1. The number of benzene rings is 3. The fourth-order valence-electron chi connectivity index (χ4n) is 3.14. The average molecular weight is 460 g/mol. The summed E-state index contributed by atoms with van der Waals surface area (Å²) < 4.78 is 11.0. The van der Waals surface area contributed by atoms with E-state index in [4.69, 9.17) is 21.1 Å². The number of aliphatic hydroxyl groups is 1. The van der Waals surface area contributed by atoms with Gasteiger partial charge in [-0.3, -0.25) is 0 Å². The Morgan fingerprint density at radius 2 is 1.79 bits per heavy atom. The zero-order chi connectivity index (χ0) is 23.2. The summed E-state index contributed by atoms with van der Waals surface area (Å²) in [6.45, 7) is -0.336. The van der Waals surface area contributed by atoms with E-state index in [0.717, 1.165) is 11.1 Å². The van der Waals surface area contributed by atoms with Crippen LogP contribution >= 0.6 is 11.6 Å². The van der Waals surface area contributed by atoms with Gasteiger partial charge in [-0.25, -0.2) is 9.78 Å². The molecule has 0 aliphatic carbocycles. The number of nitriles is 1. The molecule has 0 unspecified atom stereocenters. The quantitative estimate of drug-likeness (QED) is 0.216. The lowest BCUT2D eigenvalue weighted by molar-refractivity contribution is 0.0497.